The van der Waals surface area contributed by atoms with Crippen LogP contribution in [0.3, 0.4) is 0 Å². The molecule has 6 nitrogen and oxygen atoms in total. The summed E-state index contributed by atoms with van der Waals surface area (Å²) < 4.78 is 33.8. The Hall–Kier alpha value is -0.990. The molecular formula is C20H29N3O3S. The number of sulfonamides is 1. The van der Waals surface area contributed by atoms with Gasteiger partial charge in [0.2, 0.25) is 10.0 Å². The summed E-state index contributed by atoms with van der Waals surface area (Å²) in [7, 11) is -3.38. The molecule has 4 heterocycles. The number of nitrogens with zero attached hydrogens (tertiary/aromatic N) is 2. The number of aryl methyl sites for hydroxylation is 1. The lowest BCUT2D eigenvalue weighted by Crippen LogP contribution is -2.51. The minimum absolute atomic E-state index is 0.103. The smallest absolute Gasteiger partial charge is 0.243 e. The van der Waals surface area contributed by atoms with Crippen molar-refractivity contribution in [2.24, 2.45) is 11.8 Å². The summed E-state index contributed by atoms with van der Waals surface area (Å²) in [4.78, 5) is 2.85. The molecule has 27 heavy (non-hydrogen) atoms. The van der Waals surface area contributed by atoms with E-state index >= 15 is 0 Å². The maximum absolute atomic E-state index is 12.9. The Morgan fingerprint density at radius 1 is 1.19 bits per heavy atom. The van der Waals surface area contributed by atoms with E-state index in [0.717, 1.165) is 38.3 Å². The molecule has 0 amide bonds. The average molecular weight is 392 g/mol. The van der Waals surface area contributed by atoms with Gasteiger partial charge in [0, 0.05) is 57.6 Å². The normalized spacial score (nSPS) is 37.0. The Balaban J connectivity index is 1.22. The maximum Gasteiger partial charge on any atom is 0.243 e. The zero-order chi connectivity index (χ0) is 18.6. The lowest BCUT2D eigenvalue weighted by Gasteiger charge is -2.38. The molecule has 1 spiro atoms. The van der Waals surface area contributed by atoms with Gasteiger partial charge in [-0.2, -0.15) is 4.31 Å². The highest BCUT2D eigenvalue weighted by molar-refractivity contribution is 7.89. The van der Waals surface area contributed by atoms with E-state index in [2.05, 4.69) is 10.2 Å². The van der Waals surface area contributed by atoms with Gasteiger partial charge in [-0.05, 0) is 31.9 Å². The van der Waals surface area contributed by atoms with Crippen LogP contribution in [0.15, 0.2) is 29.2 Å². The number of benzene rings is 1. The van der Waals surface area contributed by atoms with Crippen molar-refractivity contribution in [3.8, 4) is 0 Å². The SMILES string of the molecule is Cc1ccc(S(=O)(=O)N2CCN(C[C@H]3[C@H]4CNC[C@]45CC[C@H]3O5)CC2)cc1. The minimum Gasteiger partial charge on any atom is -0.370 e. The number of hydrogen-bond donors (Lipinski definition) is 1. The summed E-state index contributed by atoms with van der Waals surface area (Å²) in [6, 6.07) is 7.17. The first-order valence-corrected chi connectivity index (χ1v) is 11.6. The van der Waals surface area contributed by atoms with Crippen molar-refractivity contribution in [3.63, 3.8) is 0 Å². The first-order valence-electron chi connectivity index (χ1n) is 10.2. The third-order valence-electron chi connectivity index (χ3n) is 7.16. The first kappa shape index (κ1) is 18.1. The van der Waals surface area contributed by atoms with Crippen molar-refractivity contribution < 1.29 is 13.2 Å². The van der Waals surface area contributed by atoms with Gasteiger partial charge in [0.25, 0.3) is 0 Å². The molecule has 0 aromatic heterocycles. The third kappa shape index (κ3) is 2.95. The molecular weight excluding hydrogens is 362 g/mol. The molecule has 4 aliphatic heterocycles. The van der Waals surface area contributed by atoms with Crippen molar-refractivity contribution >= 4 is 10.0 Å². The Morgan fingerprint density at radius 2 is 1.93 bits per heavy atom. The summed E-state index contributed by atoms with van der Waals surface area (Å²) >= 11 is 0. The molecule has 0 unspecified atom stereocenters. The van der Waals surface area contributed by atoms with Gasteiger partial charge < -0.3 is 15.0 Å². The summed E-state index contributed by atoms with van der Waals surface area (Å²) in [5.74, 6) is 1.22. The molecule has 0 radical (unpaired) electrons. The van der Waals surface area contributed by atoms with E-state index in [4.69, 9.17) is 4.74 Å². The van der Waals surface area contributed by atoms with E-state index in [1.165, 1.54) is 12.8 Å². The van der Waals surface area contributed by atoms with Crippen LogP contribution in [0.2, 0.25) is 0 Å². The molecule has 5 rings (SSSR count). The molecule has 0 aliphatic carbocycles. The van der Waals surface area contributed by atoms with Crippen LogP contribution in [-0.2, 0) is 14.8 Å². The second kappa shape index (κ2) is 6.52. The summed E-state index contributed by atoms with van der Waals surface area (Å²) in [5, 5.41) is 3.53. The molecule has 1 aromatic carbocycles. The molecule has 2 bridgehead atoms. The molecule has 4 aliphatic rings. The molecule has 4 atom stereocenters. The summed E-state index contributed by atoms with van der Waals surface area (Å²) in [6.07, 6.45) is 2.80. The molecule has 0 saturated carbocycles. The Labute approximate surface area is 161 Å². The highest BCUT2D eigenvalue weighted by Gasteiger charge is 2.61. The Bertz CT molecular complexity index is 800. The molecule has 1 aromatic rings. The fourth-order valence-electron chi connectivity index (χ4n) is 5.62. The van der Waals surface area contributed by atoms with Gasteiger partial charge in [-0.25, -0.2) is 8.42 Å². The van der Waals surface area contributed by atoms with Gasteiger partial charge in [0.05, 0.1) is 16.6 Å². The van der Waals surface area contributed by atoms with Crippen LogP contribution < -0.4 is 5.32 Å². The maximum atomic E-state index is 12.9. The summed E-state index contributed by atoms with van der Waals surface area (Å²) in [6.45, 7) is 7.85. The number of piperazine rings is 1. The van der Waals surface area contributed by atoms with E-state index in [9.17, 15) is 8.42 Å². The van der Waals surface area contributed by atoms with Gasteiger partial charge in [0.15, 0.2) is 0 Å². The second-order valence-electron chi connectivity index (χ2n) is 8.68. The second-order valence-corrected chi connectivity index (χ2v) is 10.6. The predicted octanol–water partition coefficient (Wildman–Crippen LogP) is 1.07. The van der Waals surface area contributed by atoms with E-state index in [0.29, 0.717) is 35.9 Å². The summed E-state index contributed by atoms with van der Waals surface area (Å²) in [5.41, 5.74) is 1.18. The van der Waals surface area contributed by atoms with Crippen molar-refractivity contribution in [1.82, 2.24) is 14.5 Å². The van der Waals surface area contributed by atoms with Crippen molar-refractivity contribution in [2.45, 2.75) is 36.4 Å². The van der Waals surface area contributed by atoms with Gasteiger partial charge in [-0.1, -0.05) is 17.7 Å². The minimum atomic E-state index is -3.38. The quantitative estimate of drug-likeness (QED) is 0.832. The van der Waals surface area contributed by atoms with Crippen molar-refractivity contribution in [3.05, 3.63) is 29.8 Å². The highest BCUT2D eigenvalue weighted by Crippen LogP contribution is 2.53. The molecule has 7 heteroatoms. The third-order valence-corrected chi connectivity index (χ3v) is 9.07. The number of hydrogen-bond acceptors (Lipinski definition) is 5. The number of nitrogens with one attached hydrogen (secondary N) is 1. The molecule has 4 saturated heterocycles. The molecule has 1 N–H and O–H groups in total. The van der Waals surface area contributed by atoms with E-state index < -0.39 is 10.0 Å². The Kier molecular flexibility index (Phi) is 4.37. The number of ether oxygens (including phenoxy) is 1. The van der Waals surface area contributed by atoms with Crippen LogP contribution in [0.4, 0.5) is 0 Å². The fourth-order valence-corrected chi connectivity index (χ4v) is 7.04. The van der Waals surface area contributed by atoms with Gasteiger partial charge in [0.1, 0.15) is 0 Å². The van der Waals surface area contributed by atoms with E-state index in [1.54, 1.807) is 16.4 Å². The Morgan fingerprint density at radius 3 is 2.67 bits per heavy atom. The van der Waals surface area contributed by atoms with Crippen molar-refractivity contribution in [1.29, 1.82) is 0 Å². The highest BCUT2D eigenvalue weighted by atomic mass is 32.2. The number of fused-ring (bicyclic) bond motifs is 1. The zero-order valence-electron chi connectivity index (χ0n) is 15.9. The van der Waals surface area contributed by atoms with Gasteiger partial charge in [-0.15, -0.1) is 0 Å². The molecule has 4 fully saturated rings. The molecule has 148 valence electrons. The lowest BCUT2D eigenvalue weighted by molar-refractivity contribution is 0.0114. The standard InChI is InChI=1S/C20H29N3O3S/c1-15-2-4-16(5-3-15)27(24,25)23-10-8-22(9-11-23)13-17-18-12-21-14-20(18)7-6-19(17)26-20/h2-5,17-19,21H,6-14H2,1H3/t17-,18+,19+,20+/m0/s1. The fraction of sp³-hybridized carbons (Fsp3) is 0.700. The van der Waals surface area contributed by atoms with E-state index in [-0.39, 0.29) is 5.60 Å². The van der Waals surface area contributed by atoms with Gasteiger partial charge in [-0.3, -0.25) is 0 Å². The number of rotatable bonds is 4. The van der Waals surface area contributed by atoms with Crippen LogP contribution >= 0.6 is 0 Å². The van der Waals surface area contributed by atoms with E-state index in [1.807, 2.05) is 19.1 Å². The van der Waals surface area contributed by atoms with Crippen molar-refractivity contribution in [2.75, 3.05) is 45.8 Å². The topological polar surface area (TPSA) is 61.9 Å². The first-order chi connectivity index (χ1) is 13.0. The predicted molar refractivity (Wildman–Crippen MR) is 103 cm³/mol. The van der Waals surface area contributed by atoms with Gasteiger partial charge >= 0.3 is 0 Å². The van der Waals surface area contributed by atoms with Crippen LogP contribution in [0.25, 0.3) is 0 Å². The lowest BCUT2D eigenvalue weighted by atomic mass is 9.73. The monoisotopic (exact) mass is 391 g/mol. The average Bonchev–Trinajstić information content (AvgIpc) is 3.34. The van der Waals surface area contributed by atoms with Crippen LogP contribution in [0.1, 0.15) is 18.4 Å². The largest absolute Gasteiger partial charge is 0.370 e. The van der Waals surface area contributed by atoms with Crippen LogP contribution in [-0.4, -0.2) is 75.1 Å². The van der Waals surface area contributed by atoms with Crippen LogP contribution in [0, 0.1) is 18.8 Å². The van der Waals surface area contributed by atoms with Crippen LogP contribution in [0.5, 0.6) is 0 Å². The zero-order valence-corrected chi connectivity index (χ0v) is 16.7.